The van der Waals surface area contributed by atoms with E-state index in [1.54, 1.807) is 28.9 Å². The number of nitrogens with zero attached hydrogens (tertiary/aromatic N) is 2. The predicted octanol–water partition coefficient (Wildman–Crippen LogP) is 1.84. The molecule has 2 N–H and O–H groups in total. The molecule has 0 fully saturated rings. The number of anilines is 1. The number of aryl methyl sites for hydroxylation is 1. The van der Waals surface area contributed by atoms with E-state index in [2.05, 4.69) is 15.7 Å². The summed E-state index contributed by atoms with van der Waals surface area (Å²) in [5, 5.41) is 10.8. The number of halogens is 1. The van der Waals surface area contributed by atoms with Crippen molar-refractivity contribution >= 4 is 23.2 Å². The normalized spacial score (nSPS) is 10.5. The number of benzene rings is 1. The minimum absolute atomic E-state index is 0.0756. The maximum Gasteiger partial charge on any atom is 0.238 e. The molecule has 5 nitrogen and oxygen atoms in total. The molecule has 0 aliphatic carbocycles. The molecule has 106 valence electrons. The Bertz CT molecular complexity index is 565. The van der Waals surface area contributed by atoms with Crippen molar-refractivity contribution in [2.75, 3.05) is 18.4 Å². The molecule has 0 saturated heterocycles. The van der Waals surface area contributed by atoms with Crippen LogP contribution in [-0.4, -0.2) is 28.8 Å². The van der Waals surface area contributed by atoms with E-state index < -0.39 is 0 Å². The minimum atomic E-state index is -0.0756. The summed E-state index contributed by atoms with van der Waals surface area (Å²) in [4.78, 5) is 11.7. The van der Waals surface area contributed by atoms with Gasteiger partial charge in [0.15, 0.2) is 0 Å². The van der Waals surface area contributed by atoms with Gasteiger partial charge in [-0.3, -0.25) is 9.48 Å². The predicted molar refractivity (Wildman–Crippen MR) is 79.9 cm³/mol. The summed E-state index contributed by atoms with van der Waals surface area (Å²) in [6.07, 6.45) is 2.71. The SMILES string of the molecule is Cn1ccc(CCNCC(=O)Nc2ccc(Cl)cc2)n1. The van der Waals surface area contributed by atoms with Gasteiger partial charge >= 0.3 is 0 Å². The lowest BCUT2D eigenvalue weighted by molar-refractivity contribution is -0.115. The number of amides is 1. The largest absolute Gasteiger partial charge is 0.325 e. The zero-order chi connectivity index (χ0) is 14.4. The maximum atomic E-state index is 11.7. The molecule has 1 aromatic heterocycles. The number of rotatable bonds is 6. The summed E-state index contributed by atoms with van der Waals surface area (Å²) in [5.74, 6) is -0.0756. The Kier molecular flexibility index (Phi) is 5.15. The van der Waals surface area contributed by atoms with Crippen molar-refractivity contribution in [2.24, 2.45) is 7.05 Å². The number of hydrogen-bond donors (Lipinski definition) is 2. The van der Waals surface area contributed by atoms with Crippen molar-refractivity contribution in [3.63, 3.8) is 0 Å². The van der Waals surface area contributed by atoms with E-state index in [1.165, 1.54) is 0 Å². The quantitative estimate of drug-likeness (QED) is 0.799. The highest BCUT2D eigenvalue weighted by Gasteiger charge is 2.02. The monoisotopic (exact) mass is 292 g/mol. The lowest BCUT2D eigenvalue weighted by Gasteiger charge is -2.06. The molecule has 0 atom stereocenters. The standard InChI is InChI=1S/C14H17ClN4O/c1-19-9-7-13(18-19)6-8-16-10-14(20)17-12-4-2-11(15)3-5-12/h2-5,7,9,16H,6,8,10H2,1H3,(H,17,20). The molecule has 2 aromatic rings. The number of carbonyl (C=O) groups excluding carboxylic acids is 1. The molecule has 0 aliphatic heterocycles. The van der Waals surface area contributed by atoms with Crippen LogP contribution in [0.25, 0.3) is 0 Å². The average Bonchev–Trinajstić information content (AvgIpc) is 2.83. The van der Waals surface area contributed by atoms with E-state index in [1.807, 2.05) is 19.3 Å². The Morgan fingerprint density at radius 2 is 2.05 bits per heavy atom. The molecule has 6 heteroatoms. The Morgan fingerprint density at radius 1 is 1.30 bits per heavy atom. The third-order valence-corrected chi connectivity index (χ3v) is 2.99. The topological polar surface area (TPSA) is 59.0 Å². The Hall–Kier alpha value is -1.85. The summed E-state index contributed by atoms with van der Waals surface area (Å²) in [6, 6.07) is 9.00. The highest BCUT2D eigenvalue weighted by Crippen LogP contribution is 2.12. The van der Waals surface area contributed by atoms with Gasteiger partial charge in [0.1, 0.15) is 0 Å². The van der Waals surface area contributed by atoms with Crippen molar-refractivity contribution in [1.82, 2.24) is 15.1 Å². The zero-order valence-electron chi connectivity index (χ0n) is 11.3. The molecule has 0 saturated carbocycles. The van der Waals surface area contributed by atoms with Crippen molar-refractivity contribution in [3.05, 3.63) is 47.2 Å². The van der Waals surface area contributed by atoms with Gasteiger partial charge in [0.25, 0.3) is 0 Å². The number of carbonyl (C=O) groups is 1. The van der Waals surface area contributed by atoms with Crippen LogP contribution in [0.5, 0.6) is 0 Å². The molecule has 0 bridgehead atoms. The van der Waals surface area contributed by atoms with Gasteiger partial charge in [-0.05, 0) is 30.3 Å². The van der Waals surface area contributed by atoms with Crippen molar-refractivity contribution in [2.45, 2.75) is 6.42 Å². The first kappa shape index (κ1) is 14.6. The third-order valence-electron chi connectivity index (χ3n) is 2.74. The van der Waals surface area contributed by atoms with Crippen molar-refractivity contribution < 1.29 is 4.79 Å². The maximum absolute atomic E-state index is 11.7. The van der Waals surface area contributed by atoms with E-state index in [0.29, 0.717) is 11.6 Å². The van der Waals surface area contributed by atoms with Gasteiger partial charge in [0.2, 0.25) is 5.91 Å². The fraction of sp³-hybridized carbons (Fsp3) is 0.286. The molecule has 0 unspecified atom stereocenters. The molecular formula is C14H17ClN4O. The highest BCUT2D eigenvalue weighted by molar-refractivity contribution is 6.30. The van der Waals surface area contributed by atoms with Gasteiger partial charge in [0.05, 0.1) is 12.2 Å². The van der Waals surface area contributed by atoms with Gasteiger partial charge in [0, 0.05) is 36.9 Å². The fourth-order valence-electron chi connectivity index (χ4n) is 1.75. The van der Waals surface area contributed by atoms with E-state index in [0.717, 1.165) is 17.8 Å². The number of aromatic nitrogens is 2. The van der Waals surface area contributed by atoms with Crippen LogP contribution in [-0.2, 0) is 18.3 Å². The van der Waals surface area contributed by atoms with E-state index in [9.17, 15) is 4.79 Å². The molecule has 1 aromatic carbocycles. The van der Waals surface area contributed by atoms with Gasteiger partial charge in [-0.2, -0.15) is 5.10 Å². The van der Waals surface area contributed by atoms with E-state index >= 15 is 0 Å². The molecule has 0 radical (unpaired) electrons. The molecular weight excluding hydrogens is 276 g/mol. The first-order chi connectivity index (χ1) is 9.63. The van der Waals surface area contributed by atoms with Crippen LogP contribution in [0.4, 0.5) is 5.69 Å². The summed E-state index contributed by atoms with van der Waals surface area (Å²) in [6.45, 7) is 0.987. The van der Waals surface area contributed by atoms with Crippen LogP contribution in [0, 0.1) is 0 Å². The molecule has 0 spiro atoms. The molecule has 20 heavy (non-hydrogen) atoms. The third kappa shape index (κ3) is 4.68. The van der Waals surface area contributed by atoms with E-state index in [4.69, 9.17) is 11.6 Å². The van der Waals surface area contributed by atoms with Crippen LogP contribution in [0.1, 0.15) is 5.69 Å². The number of hydrogen-bond acceptors (Lipinski definition) is 3. The van der Waals surface area contributed by atoms with Crippen LogP contribution >= 0.6 is 11.6 Å². The minimum Gasteiger partial charge on any atom is -0.325 e. The molecule has 1 amide bonds. The Balaban J connectivity index is 1.66. The highest BCUT2D eigenvalue weighted by atomic mass is 35.5. The van der Waals surface area contributed by atoms with Crippen molar-refractivity contribution in [3.8, 4) is 0 Å². The first-order valence-corrected chi connectivity index (χ1v) is 6.76. The van der Waals surface area contributed by atoms with Gasteiger partial charge in [-0.25, -0.2) is 0 Å². The van der Waals surface area contributed by atoms with Crippen LogP contribution < -0.4 is 10.6 Å². The smallest absolute Gasteiger partial charge is 0.238 e. The van der Waals surface area contributed by atoms with Gasteiger partial charge < -0.3 is 10.6 Å². The zero-order valence-corrected chi connectivity index (χ0v) is 12.0. The lowest BCUT2D eigenvalue weighted by atomic mass is 10.3. The second-order valence-corrected chi connectivity index (χ2v) is 4.90. The lowest BCUT2D eigenvalue weighted by Crippen LogP contribution is -2.29. The summed E-state index contributed by atoms with van der Waals surface area (Å²) < 4.78 is 1.77. The second kappa shape index (κ2) is 7.07. The molecule has 0 aliphatic rings. The number of nitrogens with one attached hydrogen (secondary N) is 2. The average molecular weight is 293 g/mol. The summed E-state index contributed by atoms with van der Waals surface area (Å²) in [5.41, 5.74) is 1.75. The van der Waals surface area contributed by atoms with Crippen LogP contribution in [0.2, 0.25) is 5.02 Å². The first-order valence-electron chi connectivity index (χ1n) is 6.38. The summed E-state index contributed by atoms with van der Waals surface area (Å²) in [7, 11) is 1.89. The van der Waals surface area contributed by atoms with Crippen LogP contribution in [0.3, 0.4) is 0 Å². The molecule has 1 heterocycles. The van der Waals surface area contributed by atoms with E-state index in [-0.39, 0.29) is 12.5 Å². The molecule has 2 rings (SSSR count). The van der Waals surface area contributed by atoms with Crippen LogP contribution in [0.15, 0.2) is 36.5 Å². The summed E-state index contributed by atoms with van der Waals surface area (Å²) >= 11 is 5.78. The fourth-order valence-corrected chi connectivity index (χ4v) is 1.88. The van der Waals surface area contributed by atoms with Crippen molar-refractivity contribution in [1.29, 1.82) is 0 Å². The van der Waals surface area contributed by atoms with Gasteiger partial charge in [-0.1, -0.05) is 11.6 Å². The van der Waals surface area contributed by atoms with Gasteiger partial charge in [-0.15, -0.1) is 0 Å². The Morgan fingerprint density at radius 3 is 2.70 bits per heavy atom. The second-order valence-electron chi connectivity index (χ2n) is 4.46. The Labute approximate surface area is 122 Å².